The largest absolute Gasteiger partial charge is 0.0616 e. The molecule has 0 aliphatic carbocycles. The van der Waals surface area contributed by atoms with E-state index in [1.165, 1.54) is 43.8 Å². The lowest BCUT2D eigenvalue weighted by Crippen LogP contribution is -1.94. The van der Waals surface area contributed by atoms with Crippen LogP contribution in [0.15, 0.2) is 40.5 Å². The third-order valence-corrected chi connectivity index (χ3v) is 4.70. The lowest BCUT2D eigenvalue weighted by atomic mass is 9.89. The highest BCUT2D eigenvalue weighted by molar-refractivity contribution is 14.1. The number of aryl methyl sites for hydroxylation is 1. The zero-order chi connectivity index (χ0) is 14.3. The first-order valence-corrected chi connectivity index (χ1v) is 8.07. The molecule has 100 valence electrons. The normalized spacial score (nSPS) is 11.8. The van der Waals surface area contributed by atoms with Crippen molar-refractivity contribution in [3.63, 3.8) is 0 Å². The first kappa shape index (κ1) is 13.6. The first-order valence-electron chi connectivity index (χ1n) is 6.82. The molecule has 0 fully saturated rings. The molecule has 0 radical (unpaired) electrons. The van der Waals surface area contributed by atoms with Crippen LogP contribution in [0.5, 0.6) is 0 Å². The minimum Gasteiger partial charge on any atom is -0.0616 e. The summed E-state index contributed by atoms with van der Waals surface area (Å²) >= 11 is 2.30. The number of halogens is 1. The lowest BCUT2D eigenvalue weighted by Gasteiger charge is -2.15. The van der Waals surface area contributed by atoms with Crippen molar-refractivity contribution in [1.29, 1.82) is 0 Å². The summed E-state index contributed by atoms with van der Waals surface area (Å²) in [5, 5.41) is 5.36. The van der Waals surface area contributed by atoms with Crippen molar-refractivity contribution in [2.45, 2.75) is 20.8 Å². The van der Waals surface area contributed by atoms with Gasteiger partial charge in [-0.25, -0.2) is 0 Å². The molecule has 0 amide bonds. The number of benzene rings is 3. The fourth-order valence-corrected chi connectivity index (χ4v) is 3.30. The van der Waals surface area contributed by atoms with Gasteiger partial charge in [-0.05, 0) is 86.9 Å². The predicted octanol–water partition coefficient (Wildman–Crippen LogP) is 6.32. The van der Waals surface area contributed by atoms with Crippen LogP contribution in [-0.2, 0) is 0 Å². The van der Waals surface area contributed by atoms with Crippen LogP contribution in [0.2, 0.25) is 0 Å². The van der Waals surface area contributed by atoms with Gasteiger partial charge in [-0.2, -0.15) is 0 Å². The van der Waals surface area contributed by atoms with E-state index in [0.29, 0.717) is 0 Å². The van der Waals surface area contributed by atoms with Crippen LogP contribution in [0.4, 0.5) is 0 Å². The van der Waals surface area contributed by atoms with Crippen molar-refractivity contribution in [3.05, 3.63) is 62.7 Å². The predicted molar refractivity (Wildman–Crippen MR) is 98.7 cm³/mol. The van der Waals surface area contributed by atoms with Crippen LogP contribution in [-0.4, -0.2) is 0 Å². The van der Waals surface area contributed by atoms with Crippen molar-refractivity contribution in [1.82, 2.24) is 0 Å². The maximum atomic E-state index is 2.33. The molecule has 0 spiro atoms. The molecule has 1 heteroatoms. The molecule has 0 nitrogen and oxygen atoms in total. The van der Waals surface area contributed by atoms with E-state index in [1.807, 2.05) is 0 Å². The van der Waals surface area contributed by atoms with Gasteiger partial charge in [0, 0.05) is 0 Å². The average molecular weight is 372 g/mol. The summed E-state index contributed by atoms with van der Waals surface area (Å²) in [7, 11) is 0. The van der Waals surface area contributed by atoms with E-state index >= 15 is 0 Å². The molecule has 0 heterocycles. The summed E-state index contributed by atoms with van der Waals surface area (Å²) in [6, 6.07) is 13.3. The van der Waals surface area contributed by atoms with E-state index in [0.717, 1.165) is 0 Å². The molecule has 0 atom stereocenters. The molecule has 0 unspecified atom stereocenters. The minimum absolute atomic E-state index is 1.31. The first-order chi connectivity index (χ1) is 9.63. The number of hydrogen-bond acceptors (Lipinski definition) is 0. The zero-order valence-corrected chi connectivity index (χ0v) is 14.2. The topological polar surface area (TPSA) is 0 Å². The number of hydrogen-bond donors (Lipinski definition) is 0. The van der Waals surface area contributed by atoms with E-state index in [2.05, 4.69) is 89.9 Å². The highest BCUT2D eigenvalue weighted by atomic mass is 127. The molecule has 0 saturated carbocycles. The van der Waals surface area contributed by atoms with Gasteiger partial charge >= 0.3 is 0 Å². The molecular weight excluding hydrogens is 355 g/mol. The Hall–Kier alpha value is -1.35. The fourth-order valence-electron chi connectivity index (χ4n) is 2.94. The molecule has 0 aliphatic heterocycles. The van der Waals surface area contributed by atoms with Crippen LogP contribution in [0, 0.1) is 20.8 Å². The van der Waals surface area contributed by atoms with Crippen molar-refractivity contribution < 1.29 is 0 Å². The maximum absolute atomic E-state index is 2.33. The van der Waals surface area contributed by atoms with Crippen LogP contribution in [0.1, 0.15) is 22.3 Å². The Morgan fingerprint density at radius 3 is 2.00 bits per heavy atom. The second-order valence-electron chi connectivity index (χ2n) is 5.33. The summed E-state index contributed by atoms with van der Waals surface area (Å²) in [6.07, 6.45) is 2.22. The lowest BCUT2D eigenvalue weighted by molar-refractivity contribution is 1.29. The summed E-state index contributed by atoms with van der Waals surface area (Å²) < 4.78 is 2.10. The zero-order valence-electron chi connectivity index (χ0n) is 12.0. The monoisotopic (exact) mass is 372 g/mol. The van der Waals surface area contributed by atoms with Crippen LogP contribution < -0.4 is 0 Å². The van der Waals surface area contributed by atoms with E-state index in [1.54, 1.807) is 0 Å². The van der Waals surface area contributed by atoms with Gasteiger partial charge in [-0.15, -0.1) is 0 Å². The Morgan fingerprint density at radius 1 is 0.800 bits per heavy atom. The van der Waals surface area contributed by atoms with E-state index < -0.39 is 0 Å². The molecule has 0 N–H and O–H groups in total. The molecule has 3 rings (SSSR count). The third-order valence-electron chi connectivity index (χ3n) is 4.34. The SMILES string of the molecule is Cc1c(C)c(/C=C/I)c2cc3ccccc3cc2c1C. The molecule has 20 heavy (non-hydrogen) atoms. The molecule has 3 aromatic rings. The summed E-state index contributed by atoms with van der Waals surface area (Å²) in [5.41, 5.74) is 5.53. The van der Waals surface area contributed by atoms with Crippen LogP contribution >= 0.6 is 22.6 Å². The van der Waals surface area contributed by atoms with Gasteiger partial charge < -0.3 is 0 Å². The maximum Gasteiger partial charge on any atom is -0.00994 e. The third kappa shape index (κ3) is 2.05. The average Bonchev–Trinajstić information content (AvgIpc) is 2.48. The van der Waals surface area contributed by atoms with Gasteiger partial charge in [0.05, 0.1) is 0 Å². The van der Waals surface area contributed by atoms with Gasteiger partial charge in [0.2, 0.25) is 0 Å². The molecule has 3 aromatic carbocycles. The Morgan fingerprint density at radius 2 is 1.40 bits per heavy atom. The second-order valence-corrected chi connectivity index (χ2v) is 6.05. The van der Waals surface area contributed by atoms with E-state index in [-0.39, 0.29) is 0 Å². The van der Waals surface area contributed by atoms with Gasteiger partial charge in [0.1, 0.15) is 0 Å². The van der Waals surface area contributed by atoms with Crippen LogP contribution in [0.25, 0.3) is 27.6 Å². The molecule has 0 aromatic heterocycles. The van der Waals surface area contributed by atoms with Crippen LogP contribution in [0.3, 0.4) is 0 Å². The van der Waals surface area contributed by atoms with Crippen molar-refractivity contribution in [2.75, 3.05) is 0 Å². The fraction of sp³-hybridized carbons (Fsp3) is 0.158. The quantitative estimate of drug-likeness (QED) is 0.346. The van der Waals surface area contributed by atoms with Crippen molar-refractivity contribution in [3.8, 4) is 0 Å². The number of rotatable bonds is 1. The van der Waals surface area contributed by atoms with Crippen molar-refractivity contribution >= 4 is 50.2 Å². The Labute approximate surface area is 133 Å². The minimum atomic E-state index is 1.31. The summed E-state index contributed by atoms with van der Waals surface area (Å²) in [4.78, 5) is 0. The molecule has 0 aliphatic rings. The van der Waals surface area contributed by atoms with Gasteiger partial charge in [0.15, 0.2) is 0 Å². The highest BCUT2D eigenvalue weighted by Crippen LogP contribution is 2.33. The molecule has 0 bridgehead atoms. The Kier molecular flexibility index (Phi) is 3.55. The Balaban J connectivity index is 2.56. The van der Waals surface area contributed by atoms with Gasteiger partial charge in [-0.3, -0.25) is 0 Å². The smallest absolute Gasteiger partial charge is 0.00994 e. The Bertz CT molecular complexity index is 841. The number of fused-ring (bicyclic) bond motifs is 2. The van der Waals surface area contributed by atoms with E-state index in [4.69, 9.17) is 0 Å². The van der Waals surface area contributed by atoms with Gasteiger partial charge in [-0.1, -0.05) is 46.9 Å². The second kappa shape index (κ2) is 5.21. The van der Waals surface area contributed by atoms with Crippen molar-refractivity contribution in [2.24, 2.45) is 0 Å². The van der Waals surface area contributed by atoms with E-state index in [9.17, 15) is 0 Å². The summed E-state index contributed by atoms with van der Waals surface area (Å²) in [5.74, 6) is 0. The summed E-state index contributed by atoms with van der Waals surface area (Å²) in [6.45, 7) is 6.68. The van der Waals surface area contributed by atoms with Gasteiger partial charge in [0.25, 0.3) is 0 Å². The molecular formula is C19H17I. The molecule has 0 saturated heterocycles. The standard InChI is InChI=1S/C19H17I/c1-12-13(2)17(8-9-20)19-11-16-7-5-4-6-15(16)10-18(19)14(12)3/h4-11H,1-3H3/b9-8+. The highest BCUT2D eigenvalue weighted by Gasteiger charge is 2.10.